The number of benzene rings is 1. The fourth-order valence-electron chi connectivity index (χ4n) is 1.80. The fraction of sp³-hybridized carbons (Fsp3) is 0.571. The second-order valence-electron chi connectivity index (χ2n) is 4.81. The van der Waals surface area contributed by atoms with Crippen LogP contribution in [0.4, 0.5) is 0 Å². The van der Waals surface area contributed by atoms with Crippen LogP contribution in [0, 0.1) is 5.92 Å². The zero-order valence-corrected chi connectivity index (χ0v) is 11.7. The summed E-state index contributed by atoms with van der Waals surface area (Å²) in [4.78, 5) is 0. The maximum absolute atomic E-state index is 9.89. The minimum Gasteiger partial charge on any atom is -0.393 e. The number of halogens is 1. The molecule has 90 valence electrons. The first kappa shape index (κ1) is 13.7. The van der Waals surface area contributed by atoms with E-state index in [1.165, 1.54) is 12.0 Å². The number of rotatable bonds is 6. The summed E-state index contributed by atoms with van der Waals surface area (Å²) in [5.41, 5.74) is 1.20. The molecule has 1 nitrogen and oxygen atoms in total. The van der Waals surface area contributed by atoms with Gasteiger partial charge in [-0.2, -0.15) is 0 Å². The zero-order chi connectivity index (χ0) is 12.0. The lowest BCUT2D eigenvalue weighted by Crippen LogP contribution is -2.10. The molecule has 1 N–H and O–H groups in total. The molecule has 0 aliphatic carbocycles. The van der Waals surface area contributed by atoms with Crippen molar-refractivity contribution in [3.05, 3.63) is 34.3 Å². The van der Waals surface area contributed by atoms with Gasteiger partial charge in [0.1, 0.15) is 0 Å². The van der Waals surface area contributed by atoms with Gasteiger partial charge in [-0.05, 0) is 36.5 Å². The van der Waals surface area contributed by atoms with Crippen LogP contribution < -0.4 is 0 Å². The highest BCUT2D eigenvalue weighted by molar-refractivity contribution is 9.10. The molecular weight excluding hydrogens is 264 g/mol. The van der Waals surface area contributed by atoms with Gasteiger partial charge in [0, 0.05) is 4.47 Å². The Labute approximate surface area is 107 Å². The van der Waals surface area contributed by atoms with Crippen LogP contribution in [0.2, 0.25) is 0 Å². The molecular formula is C14H21BrO. The van der Waals surface area contributed by atoms with Crippen LogP contribution in [-0.2, 0) is 6.42 Å². The van der Waals surface area contributed by atoms with Crippen molar-refractivity contribution in [2.24, 2.45) is 5.92 Å². The Bertz CT molecular complexity index is 309. The molecule has 0 aliphatic rings. The third-order valence-corrected chi connectivity index (χ3v) is 3.17. The molecule has 0 radical (unpaired) electrons. The van der Waals surface area contributed by atoms with E-state index in [0.29, 0.717) is 0 Å². The highest BCUT2D eigenvalue weighted by atomic mass is 79.9. The summed E-state index contributed by atoms with van der Waals surface area (Å²) in [5.74, 6) is 0.734. The van der Waals surface area contributed by atoms with Gasteiger partial charge in [-0.25, -0.2) is 0 Å². The van der Waals surface area contributed by atoms with Gasteiger partial charge >= 0.3 is 0 Å². The van der Waals surface area contributed by atoms with E-state index in [-0.39, 0.29) is 6.10 Å². The Hall–Kier alpha value is -0.340. The van der Waals surface area contributed by atoms with Crippen molar-refractivity contribution in [2.75, 3.05) is 0 Å². The highest BCUT2D eigenvalue weighted by Gasteiger charge is 2.06. The highest BCUT2D eigenvalue weighted by Crippen LogP contribution is 2.15. The van der Waals surface area contributed by atoms with Gasteiger partial charge < -0.3 is 5.11 Å². The van der Waals surface area contributed by atoms with Crippen LogP contribution in [0.3, 0.4) is 0 Å². The lowest BCUT2D eigenvalue weighted by molar-refractivity contribution is 0.159. The molecule has 0 fully saturated rings. The predicted molar refractivity (Wildman–Crippen MR) is 72.5 cm³/mol. The average Bonchev–Trinajstić information content (AvgIpc) is 2.16. The van der Waals surface area contributed by atoms with Gasteiger partial charge in [-0.15, -0.1) is 0 Å². The molecule has 0 bridgehead atoms. The lowest BCUT2D eigenvalue weighted by atomic mass is 10.0. The molecule has 0 saturated carbocycles. The van der Waals surface area contributed by atoms with E-state index in [1.807, 2.05) is 12.1 Å². The summed E-state index contributed by atoms with van der Waals surface area (Å²) in [5, 5.41) is 9.89. The molecule has 0 aliphatic heterocycles. The number of hydrogen-bond acceptors (Lipinski definition) is 1. The monoisotopic (exact) mass is 284 g/mol. The van der Waals surface area contributed by atoms with Gasteiger partial charge in [-0.1, -0.05) is 54.8 Å². The Morgan fingerprint density at radius 3 is 2.62 bits per heavy atom. The van der Waals surface area contributed by atoms with Crippen LogP contribution in [-0.4, -0.2) is 11.2 Å². The van der Waals surface area contributed by atoms with Crippen molar-refractivity contribution in [1.82, 2.24) is 0 Å². The van der Waals surface area contributed by atoms with Crippen LogP contribution in [0.15, 0.2) is 28.7 Å². The Balaban J connectivity index is 2.31. The Morgan fingerprint density at radius 2 is 2.00 bits per heavy atom. The van der Waals surface area contributed by atoms with Gasteiger partial charge in [0.15, 0.2) is 0 Å². The number of aliphatic hydroxyl groups excluding tert-OH is 1. The van der Waals surface area contributed by atoms with E-state index >= 15 is 0 Å². The molecule has 1 unspecified atom stereocenters. The van der Waals surface area contributed by atoms with Crippen molar-refractivity contribution in [3.63, 3.8) is 0 Å². The predicted octanol–water partition coefficient (Wildman–Crippen LogP) is 4.18. The van der Waals surface area contributed by atoms with Crippen molar-refractivity contribution in [1.29, 1.82) is 0 Å². The maximum Gasteiger partial charge on any atom is 0.0580 e. The first-order valence-electron chi connectivity index (χ1n) is 6.00. The fourth-order valence-corrected chi connectivity index (χ4v) is 2.25. The Kier molecular flexibility index (Phi) is 6.07. The normalized spacial score (nSPS) is 13.1. The quantitative estimate of drug-likeness (QED) is 0.831. The first-order valence-corrected chi connectivity index (χ1v) is 6.79. The van der Waals surface area contributed by atoms with E-state index < -0.39 is 0 Å². The molecule has 1 aromatic carbocycles. The molecule has 1 atom stereocenters. The van der Waals surface area contributed by atoms with E-state index in [9.17, 15) is 5.11 Å². The Morgan fingerprint density at radius 1 is 1.25 bits per heavy atom. The standard InChI is InChI=1S/C14H21BrO/c1-11(2)5-3-8-14(16)10-12-6-4-7-13(15)9-12/h4,6-7,9,11,14,16H,3,5,8,10H2,1-2H3. The third-order valence-electron chi connectivity index (χ3n) is 2.68. The summed E-state index contributed by atoms with van der Waals surface area (Å²) < 4.78 is 1.08. The molecule has 16 heavy (non-hydrogen) atoms. The van der Waals surface area contributed by atoms with Crippen molar-refractivity contribution in [3.8, 4) is 0 Å². The SMILES string of the molecule is CC(C)CCCC(O)Cc1cccc(Br)c1. The smallest absolute Gasteiger partial charge is 0.0580 e. The first-order chi connectivity index (χ1) is 7.58. The zero-order valence-electron chi connectivity index (χ0n) is 10.1. The molecule has 0 spiro atoms. The molecule has 2 heteroatoms. The van der Waals surface area contributed by atoms with Crippen molar-refractivity contribution >= 4 is 15.9 Å². The van der Waals surface area contributed by atoms with Crippen molar-refractivity contribution in [2.45, 2.75) is 45.6 Å². The lowest BCUT2D eigenvalue weighted by Gasteiger charge is -2.11. The van der Waals surface area contributed by atoms with Gasteiger partial charge in [-0.3, -0.25) is 0 Å². The van der Waals surface area contributed by atoms with Crippen LogP contribution in [0.1, 0.15) is 38.7 Å². The van der Waals surface area contributed by atoms with Crippen molar-refractivity contribution < 1.29 is 5.11 Å². The molecule has 1 aromatic rings. The van der Waals surface area contributed by atoms with E-state index in [2.05, 4.69) is 41.9 Å². The second kappa shape index (κ2) is 7.08. The number of aliphatic hydroxyl groups is 1. The minimum absolute atomic E-state index is 0.201. The summed E-state index contributed by atoms with van der Waals surface area (Å²) in [6.07, 6.45) is 3.79. The molecule has 0 saturated heterocycles. The molecule has 0 amide bonds. The third kappa shape index (κ3) is 5.66. The average molecular weight is 285 g/mol. The van der Waals surface area contributed by atoms with Crippen LogP contribution >= 0.6 is 15.9 Å². The topological polar surface area (TPSA) is 20.2 Å². The number of hydrogen-bond donors (Lipinski definition) is 1. The summed E-state index contributed by atoms with van der Waals surface area (Å²) in [7, 11) is 0. The summed E-state index contributed by atoms with van der Waals surface area (Å²) in [6.45, 7) is 4.45. The minimum atomic E-state index is -0.201. The van der Waals surface area contributed by atoms with E-state index in [0.717, 1.165) is 29.7 Å². The molecule has 0 aromatic heterocycles. The van der Waals surface area contributed by atoms with Crippen LogP contribution in [0.25, 0.3) is 0 Å². The van der Waals surface area contributed by atoms with E-state index in [1.54, 1.807) is 0 Å². The molecule has 0 heterocycles. The van der Waals surface area contributed by atoms with E-state index in [4.69, 9.17) is 0 Å². The van der Waals surface area contributed by atoms with Crippen LogP contribution in [0.5, 0.6) is 0 Å². The van der Waals surface area contributed by atoms with Gasteiger partial charge in [0.05, 0.1) is 6.10 Å². The summed E-state index contributed by atoms with van der Waals surface area (Å²) >= 11 is 3.44. The molecule has 1 rings (SSSR count). The van der Waals surface area contributed by atoms with Gasteiger partial charge in [0.25, 0.3) is 0 Å². The summed E-state index contributed by atoms with van der Waals surface area (Å²) in [6, 6.07) is 8.16. The maximum atomic E-state index is 9.89. The largest absolute Gasteiger partial charge is 0.393 e. The van der Waals surface area contributed by atoms with Gasteiger partial charge in [0.2, 0.25) is 0 Å². The second-order valence-corrected chi connectivity index (χ2v) is 5.73.